The number of ketones is 1. The van der Waals surface area contributed by atoms with Crippen molar-refractivity contribution in [2.24, 2.45) is 0 Å². The summed E-state index contributed by atoms with van der Waals surface area (Å²) in [5, 5.41) is 2.36. The Balaban J connectivity index is 1.86. The highest BCUT2D eigenvalue weighted by molar-refractivity contribution is 5.98. The van der Waals surface area contributed by atoms with E-state index in [-0.39, 0.29) is 5.78 Å². The molecule has 1 aromatic heterocycles. The Labute approximate surface area is 152 Å². The lowest BCUT2D eigenvalue weighted by Crippen LogP contribution is -1.94. The lowest BCUT2D eigenvalue weighted by Gasteiger charge is -2.06. The fourth-order valence-corrected chi connectivity index (χ4v) is 3.26. The minimum absolute atomic E-state index is 0.0600. The Kier molecular flexibility index (Phi) is 3.91. The zero-order valence-electron chi connectivity index (χ0n) is 14.4. The van der Waals surface area contributed by atoms with E-state index in [4.69, 9.17) is 6.42 Å². The van der Waals surface area contributed by atoms with Crippen molar-refractivity contribution in [1.82, 2.24) is 4.57 Å². The first-order chi connectivity index (χ1) is 12.7. The van der Waals surface area contributed by atoms with E-state index in [1.807, 2.05) is 47.2 Å². The van der Waals surface area contributed by atoms with Crippen molar-refractivity contribution in [2.75, 3.05) is 0 Å². The second-order valence-electron chi connectivity index (χ2n) is 6.27. The SMILES string of the molecule is C#Cc1cn(-c2ccc(C(C)=O)cc2)cc1-c1cccc2ccccc12. The van der Waals surface area contributed by atoms with Crippen LogP contribution in [0.1, 0.15) is 22.8 Å². The summed E-state index contributed by atoms with van der Waals surface area (Å²) < 4.78 is 2.01. The van der Waals surface area contributed by atoms with E-state index in [0.717, 1.165) is 22.4 Å². The summed E-state index contributed by atoms with van der Waals surface area (Å²) in [5.41, 5.74) is 4.66. The predicted molar refractivity (Wildman–Crippen MR) is 107 cm³/mol. The number of fused-ring (bicyclic) bond motifs is 1. The van der Waals surface area contributed by atoms with Gasteiger partial charge < -0.3 is 4.57 Å². The van der Waals surface area contributed by atoms with Gasteiger partial charge in [0.2, 0.25) is 0 Å². The van der Waals surface area contributed by atoms with Gasteiger partial charge in [-0.15, -0.1) is 6.42 Å². The van der Waals surface area contributed by atoms with E-state index in [9.17, 15) is 4.79 Å². The highest BCUT2D eigenvalue weighted by Crippen LogP contribution is 2.32. The molecule has 0 N–H and O–H groups in total. The van der Waals surface area contributed by atoms with E-state index < -0.39 is 0 Å². The first kappa shape index (κ1) is 15.9. The molecule has 0 aliphatic heterocycles. The number of nitrogens with zero attached hydrogens (tertiary/aromatic N) is 1. The van der Waals surface area contributed by atoms with Crippen LogP contribution in [0.25, 0.3) is 27.6 Å². The van der Waals surface area contributed by atoms with Crippen LogP contribution >= 0.6 is 0 Å². The summed E-state index contributed by atoms with van der Waals surface area (Å²) in [7, 11) is 0. The monoisotopic (exact) mass is 335 g/mol. The minimum atomic E-state index is 0.0600. The topological polar surface area (TPSA) is 22.0 Å². The van der Waals surface area contributed by atoms with Crippen LogP contribution < -0.4 is 0 Å². The first-order valence-corrected chi connectivity index (χ1v) is 8.45. The molecular weight excluding hydrogens is 318 g/mol. The number of terminal acetylenes is 1. The largest absolute Gasteiger partial charge is 0.322 e. The summed E-state index contributed by atoms with van der Waals surface area (Å²) >= 11 is 0. The van der Waals surface area contributed by atoms with Crippen molar-refractivity contribution >= 4 is 16.6 Å². The number of hydrogen-bond acceptors (Lipinski definition) is 1. The molecule has 3 aromatic carbocycles. The fraction of sp³-hybridized carbons (Fsp3) is 0.0417. The average molecular weight is 335 g/mol. The quantitative estimate of drug-likeness (QED) is 0.359. The number of carbonyl (C=O) groups is 1. The molecule has 0 aliphatic rings. The van der Waals surface area contributed by atoms with Crippen molar-refractivity contribution in [3.8, 4) is 29.2 Å². The van der Waals surface area contributed by atoms with Crippen LogP contribution in [-0.4, -0.2) is 10.4 Å². The van der Waals surface area contributed by atoms with Crippen molar-refractivity contribution in [3.63, 3.8) is 0 Å². The van der Waals surface area contributed by atoms with Crippen molar-refractivity contribution in [1.29, 1.82) is 0 Å². The molecule has 1 heterocycles. The molecule has 0 aliphatic carbocycles. The number of hydrogen-bond donors (Lipinski definition) is 0. The number of benzene rings is 3. The van der Waals surface area contributed by atoms with Crippen molar-refractivity contribution in [3.05, 3.63) is 90.3 Å². The van der Waals surface area contributed by atoms with Gasteiger partial charge in [0.1, 0.15) is 0 Å². The third-order valence-electron chi connectivity index (χ3n) is 4.63. The Morgan fingerprint density at radius 2 is 1.62 bits per heavy atom. The van der Waals surface area contributed by atoms with Gasteiger partial charge in [-0.25, -0.2) is 0 Å². The van der Waals surface area contributed by atoms with Gasteiger partial charge in [-0.1, -0.05) is 48.4 Å². The van der Waals surface area contributed by atoms with E-state index in [0.29, 0.717) is 5.56 Å². The second kappa shape index (κ2) is 6.38. The van der Waals surface area contributed by atoms with Gasteiger partial charge >= 0.3 is 0 Å². The number of aromatic nitrogens is 1. The molecule has 0 spiro atoms. The van der Waals surface area contributed by atoms with Gasteiger partial charge in [0.25, 0.3) is 0 Å². The van der Waals surface area contributed by atoms with Gasteiger partial charge in [0, 0.05) is 29.2 Å². The van der Waals surface area contributed by atoms with Gasteiger partial charge in [-0.05, 0) is 47.5 Å². The Hall–Kier alpha value is -3.57. The fourth-order valence-electron chi connectivity index (χ4n) is 3.26. The third kappa shape index (κ3) is 2.70. The molecule has 124 valence electrons. The van der Waals surface area contributed by atoms with Crippen LogP contribution in [0, 0.1) is 12.3 Å². The molecule has 0 unspecified atom stereocenters. The maximum atomic E-state index is 11.5. The van der Waals surface area contributed by atoms with Gasteiger partial charge in [-0.3, -0.25) is 4.79 Å². The van der Waals surface area contributed by atoms with Crippen molar-refractivity contribution in [2.45, 2.75) is 6.92 Å². The summed E-state index contributed by atoms with van der Waals surface area (Å²) in [6.07, 6.45) is 9.79. The predicted octanol–water partition coefficient (Wildman–Crippen LogP) is 5.48. The molecule has 0 fully saturated rings. The molecule has 2 heteroatoms. The lowest BCUT2D eigenvalue weighted by molar-refractivity contribution is 0.101. The van der Waals surface area contributed by atoms with Crippen LogP contribution in [-0.2, 0) is 0 Å². The van der Waals surface area contributed by atoms with Crippen LogP contribution in [0.15, 0.2) is 79.1 Å². The third-order valence-corrected chi connectivity index (χ3v) is 4.63. The number of rotatable bonds is 3. The van der Waals surface area contributed by atoms with Gasteiger partial charge in [0.05, 0.1) is 5.56 Å². The minimum Gasteiger partial charge on any atom is -0.322 e. The van der Waals surface area contributed by atoms with E-state index >= 15 is 0 Å². The molecule has 0 amide bonds. The zero-order chi connectivity index (χ0) is 18.1. The molecule has 2 nitrogen and oxygen atoms in total. The molecule has 0 saturated heterocycles. The highest BCUT2D eigenvalue weighted by atomic mass is 16.1. The Bertz CT molecular complexity index is 1150. The second-order valence-corrected chi connectivity index (χ2v) is 6.27. The molecule has 26 heavy (non-hydrogen) atoms. The molecule has 4 aromatic rings. The normalized spacial score (nSPS) is 10.6. The summed E-state index contributed by atoms with van der Waals surface area (Å²) in [6, 6.07) is 22.1. The van der Waals surface area contributed by atoms with Crippen LogP contribution in [0.2, 0.25) is 0 Å². The number of Topliss-reactive ketones (excluding diaryl/α,β-unsaturated/α-hetero) is 1. The smallest absolute Gasteiger partial charge is 0.159 e. The van der Waals surface area contributed by atoms with Crippen LogP contribution in [0.4, 0.5) is 0 Å². The zero-order valence-corrected chi connectivity index (χ0v) is 14.4. The molecule has 4 rings (SSSR count). The molecule has 0 radical (unpaired) electrons. The molecule has 0 bridgehead atoms. The average Bonchev–Trinajstić information content (AvgIpc) is 3.12. The molecule has 0 saturated carbocycles. The highest BCUT2D eigenvalue weighted by Gasteiger charge is 2.11. The first-order valence-electron chi connectivity index (χ1n) is 8.45. The maximum Gasteiger partial charge on any atom is 0.159 e. The molecule has 0 atom stereocenters. The van der Waals surface area contributed by atoms with Crippen molar-refractivity contribution < 1.29 is 4.79 Å². The number of carbonyl (C=O) groups excluding carboxylic acids is 1. The summed E-state index contributed by atoms with van der Waals surface area (Å²) in [5.74, 6) is 2.86. The molecular formula is C24H17NO. The van der Waals surface area contributed by atoms with Gasteiger partial charge in [-0.2, -0.15) is 0 Å². The lowest BCUT2D eigenvalue weighted by atomic mass is 9.98. The Morgan fingerprint density at radius 3 is 2.35 bits per heavy atom. The maximum absolute atomic E-state index is 11.5. The van der Waals surface area contributed by atoms with Gasteiger partial charge in [0.15, 0.2) is 5.78 Å². The summed E-state index contributed by atoms with van der Waals surface area (Å²) in [6.45, 7) is 1.57. The Morgan fingerprint density at radius 1 is 0.885 bits per heavy atom. The summed E-state index contributed by atoms with van der Waals surface area (Å²) in [4.78, 5) is 11.5. The standard InChI is InChI=1S/C24H17NO/c1-3-18-15-25(21-13-11-19(12-14-21)17(2)26)16-24(18)23-10-6-8-20-7-4-5-9-22(20)23/h1,4-16H,2H3. The van der Waals surface area contributed by atoms with E-state index in [1.165, 1.54) is 10.8 Å². The van der Waals surface area contributed by atoms with E-state index in [1.54, 1.807) is 6.92 Å². The van der Waals surface area contributed by atoms with Crippen LogP contribution in [0.3, 0.4) is 0 Å². The van der Waals surface area contributed by atoms with E-state index in [2.05, 4.69) is 42.4 Å². The van der Waals surface area contributed by atoms with Crippen LogP contribution in [0.5, 0.6) is 0 Å².